The Labute approximate surface area is 126 Å². The number of halogens is 2. The highest BCUT2D eigenvalue weighted by molar-refractivity contribution is 6.31. The van der Waals surface area contributed by atoms with Gasteiger partial charge in [-0.3, -0.25) is 24.3 Å². The van der Waals surface area contributed by atoms with Gasteiger partial charge >= 0.3 is 0 Å². The Morgan fingerprint density at radius 3 is 2.67 bits per heavy atom. The lowest BCUT2D eigenvalue weighted by Gasteiger charge is -2.34. The number of anilines is 1. The molecule has 3 rings (SSSR count). The van der Waals surface area contributed by atoms with E-state index in [1.165, 1.54) is 23.1 Å². The first-order chi connectivity index (χ1) is 9.91. The fourth-order valence-electron chi connectivity index (χ4n) is 3.01. The van der Waals surface area contributed by atoms with E-state index in [0.717, 1.165) is 0 Å². The lowest BCUT2D eigenvalue weighted by molar-refractivity contribution is -0.133. The van der Waals surface area contributed by atoms with Gasteiger partial charge < -0.3 is 0 Å². The molecule has 7 heteroatoms. The minimum atomic E-state index is -0.537. The van der Waals surface area contributed by atoms with E-state index in [0.29, 0.717) is 18.5 Å². The van der Waals surface area contributed by atoms with Gasteiger partial charge in [0, 0.05) is 12.1 Å². The Morgan fingerprint density at radius 2 is 2.05 bits per heavy atom. The SMILES string of the molecule is CN(C)[C@@H]1N(c2ccc(F)c(Cl)c2)C(=O)[C@H]2CCC(=O)N21. The number of hydrogen-bond donors (Lipinski definition) is 0. The van der Waals surface area contributed by atoms with Gasteiger partial charge in [0.2, 0.25) is 5.91 Å². The molecule has 0 radical (unpaired) electrons. The van der Waals surface area contributed by atoms with Crippen molar-refractivity contribution in [3.8, 4) is 0 Å². The topological polar surface area (TPSA) is 43.9 Å². The number of rotatable bonds is 2. The monoisotopic (exact) mass is 311 g/mol. The molecule has 2 heterocycles. The fourth-order valence-corrected chi connectivity index (χ4v) is 3.18. The molecule has 1 aromatic carbocycles. The smallest absolute Gasteiger partial charge is 0.252 e. The molecule has 0 unspecified atom stereocenters. The minimum absolute atomic E-state index is 0.0391. The Morgan fingerprint density at radius 1 is 1.33 bits per heavy atom. The molecule has 2 amide bonds. The Bertz CT molecular complexity index is 622. The standard InChI is InChI=1S/C14H15ClFN3O2/c1-17(2)14-18(8-3-4-10(16)9(15)7-8)13(21)11-5-6-12(20)19(11)14/h3-4,7,11,14H,5-6H2,1-2H3/t11-,14-/m1/s1. The molecule has 2 aliphatic heterocycles. The van der Waals surface area contributed by atoms with Crippen molar-refractivity contribution in [2.45, 2.75) is 25.2 Å². The predicted octanol–water partition coefficient (Wildman–Crippen LogP) is 1.66. The summed E-state index contributed by atoms with van der Waals surface area (Å²) in [4.78, 5) is 29.6. The van der Waals surface area contributed by atoms with Gasteiger partial charge in [0.25, 0.3) is 5.91 Å². The average molecular weight is 312 g/mol. The van der Waals surface area contributed by atoms with Crippen LogP contribution in [0.5, 0.6) is 0 Å². The van der Waals surface area contributed by atoms with Crippen LogP contribution in [0.15, 0.2) is 18.2 Å². The van der Waals surface area contributed by atoms with Gasteiger partial charge in [0.05, 0.1) is 5.02 Å². The van der Waals surface area contributed by atoms with Crippen LogP contribution in [0.2, 0.25) is 5.02 Å². The molecule has 2 aliphatic rings. The van der Waals surface area contributed by atoms with E-state index in [9.17, 15) is 14.0 Å². The Balaban J connectivity index is 2.05. The van der Waals surface area contributed by atoms with E-state index in [1.54, 1.807) is 23.9 Å². The molecule has 2 fully saturated rings. The molecule has 2 saturated heterocycles. The maximum Gasteiger partial charge on any atom is 0.252 e. The van der Waals surface area contributed by atoms with Crippen molar-refractivity contribution in [2.24, 2.45) is 0 Å². The van der Waals surface area contributed by atoms with E-state index in [2.05, 4.69) is 0 Å². The Kier molecular flexibility index (Phi) is 3.37. The van der Waals surface area contributed by atoms with E-state index in [4.69, 9.17) is 11.6 Å². The summed E-state index contributed by atoms with van der Waals surface area (Å²) in [5.41, 5.74) is 0.493. The molecule has 0 aromatic heterocycles. The number of fused-ring (bicyclic) bond motifs is 1. The summed E-state index contributed by atoms with van der Waals surface area (Å²) in [7, 11) is 3.59. The summed E-state index contributed by atoms with van der Waals surface area (Å²) in [6.45, 7) is 0. The summed E-state index contributed by atoms with van der Waals surface area (Å²) >= 11 is 5.81. The van der Waals surface area contributed by atoms with E-state index < -0.39 is 18.1 Å². The van der Waals surface area contributed by atoms with Gasteiger partial charge in [-0.1, -0.05) is 11.6 Å². The van der Waals surface area contributed by atoms with Crippen LogP contribution in [0.25, 0.3) is 0 Å². The van der Waals surface area contributed by atoms with Crippen molar-refractivity contribution in [1.82, 2.24) is 9.80 Å². The quantitative estimate of drug-likeness (QED) is 0.834. The maximum atomic E-state index is 13.3. The van der Waals surface area contributed by atoms with Crippen LogP contribution in [0, 0.1) is 5.82 Å². The maximum absolute atomic E-state index is 13.3. The average Bonchev–Trinajstić information content (AvgIpc) is 2.93. The third-order valence-electron chi connectivity index (χ3n) is 3.90. The first kappa shape index (κ1) is 14.3. The van der Waals surface area contributed by atoms with Gasteiger partial charge in [0.1, 0.15) is 11.9 Å². The number of carbonyl (C=O) groups excluding carboxylic acids is 2. The zero-order valence-electron chi connectivity index (χ0n) is 11.7. The second-order valence-electron chi connectivity index (χ2n) is 5.47. The lowest BCUT2D eigenvalue weighted by atomic mass is 10.2. The number of benzene rings is 1. The van der Waals surface area contributed by atoms with Gasteiger partial charge in [-0.05, 0) is 38.7 Å². The van der Waals surface area contributed by atoms with Gasteiger partial charge in [0.15, 0.2) is 6.29 Å². The molecular weight excluding hydrogens is 297 g/mol. The number of carbonyl (C=O) groups is 2. The first-order valence-electron chi connectivity index (χ1n) is 6.67. The first-order valence-corrected chi connectivity index (χ1v) is 7.05. The number of nitrogens with zero attached hydrogens (tertiary/aromatic N) is 3. The number of hydrogen-bond acceptors (Lipinski definition) is 3. The second kappa shape index (κ2) is 4.96. The predicted molar refractivity (Wildman–Crippen MR) is 76.2 cm³/mol. The van der Waals surface area contributed by atoms with Crippen molar-refractivity contribution < 1.29 is 14.0 Å². The summed E-state index contributed by atoms with van der Waals surface area (Å²) in [5.74, 6) is -0.727. The van der Waals surface area contributed by atoms with Crippen molar-refractivity contribution in [1.29, 1.82) is 0 Å². The molecule has 1 aromatic rings. The third kappa shape index (κ3) is 2.10. The molecule has 5 nitrogen and oxygen atoms in total. The molecule has 0 bridgehead atoms. The highest BCUT2D eigenvalue weighted by Gasteiger charge is 2.53. The van der Waals surface area contributed by atoms with Crippen LogP contribution >= 0.6 is 11.6 Å². The van der Waals surface area contributed by atoms with Crippen LogP contribution in [0.1, 0.15) is 12.8 Å². The molecule has 0 spiro atoms. The molecule has 2 atom stereocenters. The van der Waals surface area contributed by atoms with Gasteiger partial charge in [-0.25, -0.2) is 4.39 Å². The van der Waals surface area contributed by atoms with Crippen molar-refractivity contribution >= 4 is 29.1 Å². The Hall–Kier alpha value is -1.66. The highest BCUT2D eigenvalue weighted by atomic mass is 35.5. The zero-order chi connectivity index (χ0) is 15.3. The summed E-state index contributed by atoms with van der Waals surface area (Å²) in [5, 5.41) is -0.0452. The van der Waals surface area contributed by atoms with Crippen LogP contribution in [0.3, 0.4) is 0 Å². The van der Waals surface area contributed by atoms with Crippen molar-refractivity contribution in [3.63, 3.8) is 0 Å². The minimum Gasteiger partial charge on any atom is -0.297 e. The normalized spacial score (nSPS) is 25.2. The van der Waals surface area contributed by atoms with E-state index in [-0.39, 0.29) is 16.8 Å². The molecule has 0 N–H and O–H groups in total. The van der Waals surface area contributed by atoms with Crippen LogP contribution < -0.4 is 4.90 Å². The second-order valence-corrected chi connectivity index (χ2v) is 5.88. The van der Waals surface area contributed by atoms with Crippen LogP contribution in [-0.2, 0) is 9.59 Å². The highest BCUT2D eigenvalue weighted by Crippen LogP contribution is 2.36. The summed E-state index contributed by atoms with van der Waals surface area (Å²) in [6, 6.07) is 3.71. The molecule has 112 valence electrons. The van der Waals surface area contributed by atoms with Crippen molar-refractivity contribution in [3.05, 3.63) is 29.0 Å². The lowest BCUT2D eigenvalue weighted by Crippen LogP contribution is -2.51. The van der Waals surface area contributed by atoms with Crippen LogP contribution in [0.4, 0.5) is 10.1 Å². The van der Waals surface area contributed by atoms with Gasteiger partial charge in [-0.2, -0.15) is 0 Å². The molecule has 21 heavy (non-hydrogen) atoms. The van der Waals surface area contributed by atoms with E-state index >= 15 is 0 Å². The fraction of sp³-hybridized carbons (Fsp3) is 0.429. The molecular formula is C14H15ClFN3O2. The summed E-state index contributed by atoms with van der Waals surface area (Å²) in [6.07, 6.45) is 0.408. The molecule has 0 saturated carbocycles. The van der Waals surface area contributed by atoms with Gasteiger partial charge in [-0.15, -0.1) is 0 Å². The zero-order valence-corrected chi connectivity index (χ0v) is 12.5. The third-order valence-corrected chi connectivity index (χ3v) is 4.19. The van der Waals surface area contributed by atoms with Crippen LogP contribution in [-0.4, -0.2) is 48.0 Å². The largest absolute Gasteiger partial charge is 0.297 e. The van der Waals surface area contributed by atoms with Crippen molar-refractivity contribution in [2.75, 3.05) is 19.0 Å². The summed E-state index contributed by atoms with van der Waals surface area (Å²) < 4.78 is 13.3. The number of amides is 2. The molecule has 0 aliphatic carbocycles. The van der Waals surface area contributed by atoms with E-state index in [1.807, 2.05) is 0 Å².